The number of benzene rings is 1. The molecule has 0 radical (unpaired) electrons. The van der Waals surface area contributed by atoms with Gasteiger partial charge in [0.2, 0.25) is 0 Å². The molecule has 0 spiro atoms. The fourth-order valence-corrected chi connectivity index (χ4v) is 1.41. The first kappa shape index (κ1) is 13.1. The van der Waals surface area contributed by atoms with E-state index in [0.717, 1.165) is 18.7 Å². The zero-order valence-corrected chi connectivity index (χ0v) is 9.96. The zero-order chi connectivity index (χ0) is 12.0. The topological polar surface area (TPSA) is 32.3 Å². The van der Waals surface area contributed by atoms with Gasteiger partial charge in [0.15, 0.2) is 0 Å². The maximum Gasteiger partial charge on any atom is 0.126 e. The molecule has 0 aliphatic rings. The lowest BCUT2D eigenvalue weighted by Crippen LogP contribution is -2.33. The Balaban J connectivity index is 2.29. The van der Waals surface area contributed by atoms with Crippen LogP contribution in [0.3, 0.4) is 0 Å². The monoisotopic (exact) mass is 225 g/mol. The van der Waals surface area contributed by atoms with Crippen LogP contribution in [-0.4, -0.2) is 24.8 Å². The number of nitrogens with one attached hydrogen (secondary N) is 1. The lowest BCUT2D eigenvalue weighted by atomic mass is 9.95. The highest BCUT2D eigenvalue weighted by Gasteiger charge is 2.15. The van der Waals surface area contributed by atoms with Crippen molar-refractivity contribution in [2.75, 3.05) is 19.7 Å². The molecular weight excluding hydrogens is 205 g/mol. The van der Waals surface area contributed by atoms with Crippen molar-refractivity contribution in [2.24, 2.45) is 5.41 Å². The first-order chi connectivity index (χ1) is 7.55. The highest BCUT2D eigenvalue weighted by molar-refractivity contribution is 5.17. The summed E-state index contributed by atoms with van der Waals surface area (Å²) in [6.45, 7) is 5.59. The van der Waals surface area contributed by atoms with Crippen LogP contribution in [0.15, 0.2) is 24.3 Å². The molecule has 0 heterocycles. The summed E-state index contributed by atoms with van der Waals surface area (Å²) in [5.74, 6) is -0.147. The maximum absolute atomic E-state index is 13.2. The van der Waals surface area contributed by atoms with Gasteiger partial charge in [-0.15, -0.1) is 0 Å². The SMILES string of the molecule is CC(C)(CO)CNCCc1ccccc1F. The predicted octanol–water partition coefficient (Wildman–Crippen LogP) is 1.98. The number of halogens is 1. The van der Waals surface area contributed by atoms with Crippen LogP contribution in [0.2, 0.25) is 0 Å². The molecule has 0 aliphatic carbocycles. The molecule has 0 saturated carbocycles. The van der Waals surface area contributed by atoms with Crippen LogP contribution < -0.4 is 5.32 Å². The van der Waals surface area contributed by atoms with E-state index < -0.39 is 0 Å². The molecule has 0 unspecified atom stereocenters. The van der Waals surface area contributed by atoms with Crippen molar-refractivity contribution in [3.05, 3.63) is 35.6 Å². The number of aliphatic hydroxyl groups excluding tert-OH is 1. The molecule has 0 amide bonds. The van der Waals surface area contributed by atoms with E-state index in [9.17, 15) is 4.39 Å². The Hall–Kier alpha value is -0.930. The van der Waals surface area contributed by atoms with Gasteiger partial charge < -0.3 is 10.4 Å². The van der Waals surface area contributed by atoms with Gasteiger partial charge in [0.25, 0.3) is 0 Å². The minimum Gasteiger partial charge on any atom is -0.396 e. The Morgan fingerprint density at radius 3 is 2.62 bits per heavy atom. The van der Waals surface area contributed by atoms with Gasteiger partial charge >= 0.3 is 0 Å². The van der Waals surface area contributed by atoms with Gasteiger partial charge in [-0.3, -0.25) is 0 Å². The summed E-state index contributed by atoms with van der Waals surface area (Å²) in [6.07, 6.45) is 0.675. The molecule has 0 atom stereocenters. The number of hydrogen-bond donors (Lipinski definition) is 2. The molecule has 0 bridgehead atoms. The van der Waals surface area contributed by atoms with Crippen molar-refractivity contribution in [3.8, 4) is 0 Å². The Bertz CT molecular complexity index is 325. The zero-order valence-electron chi connectivity index (χ0n) is 9.96. The second-order valence-corrected chi connectivity index (χ2v) is 4.84. The fraction of sp³-hybridized carbons (Fsp3) is 0.538. The molecule has 0 aliphatic heterocycles. The summed E-state index contributed by atoms with van der Waals surface area (Å²) in [6, 6.07) is 6.82. The van der Waals surface area contributed by atoms with Crippen LogP contribution in [0.4, 0.5) is 4.39 Å². The van der Waals surface area contributed by atoms with Crippen LogP contribution in [-0.2, 0) is 6.42 Å². The van der Waals surface area contributed by atoms with E-state index in [4.69, 9.17) is 5.11 Å². The van der Waals surface area contributed by atoms with Crippen LogP contribution in [0.1, 0.15) is 19.4 Å². The average Bonchev–Trinajstić information content (AvgIpc) is 2.27. The molecule has 2 N–H and O–H groups in total. The Labute approximate surface area is 96.5 Å². The molecule has 16 heavy (non-hydrogen) atoms. The van der Waals surface area contributed by atoms with Gasteiger partial charge in [-0.05, 0) is 24.6 Å². The van der Waals surface area contributed by atoms with Crippen molar-refractivity contribution in [1.29, 1.82) is 0 Å². The normalized spacial score (nSPS) is 11.8. The van der Waals surface area contributed by atoms with Gasteiger partial charge in [0.1, 0.15) is 5.82 Å². The molecule has 3 heteroatoms. The number of rotatable bonds is 6. The van der Waals surface area contributed by atoms with Gasteiger partial charge in [-0.2, -0.15) is 0 Å². The molecule has 1 aromatic carbocycles. The van der Waals surface area contributed by atoms with Crippen molar-refractivity contribution < 1.29 is 9.50 Å². The fourth-order valence-electron chi connectivity index (χ4n) is 1.41. The van der Waals surface area contributed by atoms with Gasteiger partial charge in [0, 0.05) is 18.6 Å². The Kier molecular flexibility index (Phi) is 4.90. The van der Waals surface area contributed by atoms with Gasteiger partial charge in [-0.25, -0.2) is 4.39 Å². The summed E-state index contributed by atoms with van der Waals surface area (Å²) >= 11 is 0. The first-order valence-electron chi connectivity index (χ1n) is 5.60. The summed E-state index contributed by atoms with van der Waals surface area (Å²) < 4.78 is 13.2. The molecule has 1 rings (SSSR count). The summed E-state index contributed by atoms with van der Waals surface area (Å²) in [4.78, 5) is 0. The van der Waals surface area contributed by atoms with Gasteiger partial charge in [0.05, 0.1) is 0 Å². The third-order valence-corrected chi connectivity index (χ3v) is 2.56. The summed E-state index contributed by atoms with van der Waals surface area (Å²) in [5.41, 5.74) is 0.617. The third kappa shape index (κ3) is 4.29. The Morgan fingerprint density at radius 2 is 2.00 bits per heavy atom. The minimum atomic E-state index is -0.147. The van der Waals surface area contributed by atoms with E-state index in [1.54, 1.807) is 12.1 Å². The summed E-state index contributed by atoms with van der Waals surface area (Å²) in [5, 5.41) is 12.3. The van der Waals surface area contributed by atoms with Crippen LogP contribution >= 0.6 is 0 Å². The molecule has 0 fully saturated rings. The quantitative estimate of drug-likeness (QED) is 0.726. The largest absolute Gasteiger partial charge is 0.396 e. The lowest BCUT2D eigenvalue weighted by Gasteiger charge is -2.21. The van der Waals surface area contributed by atoms with Crippen LogP contribution in [0, 0.1) is 11.2 Å². The van der Waals surface area contributed by atoms with E-state index in [1.165, 1.54) is 6.07 Å². The van der Waals surface area contributed by atoms with E-state index in [2.05, 4.69) is 5.32 Å². The van der Waals surface area contributed by atoms with Gasteiger partial charge in [-0.1, -0.05) is 32.0 Å². The van der Waals surface area contributed by atoms with Crippen molar-refractivity contribution in [3.63, 3.8) is 0 Å². The molecule has 2 nitrogen and oxygen atoms in total. The van der Waals surface area contributed by atoms with Crippen molar-refractivity contribution >= 4 is 0 Å². The predicted molar refractivity (Wildman–Crippen MR) is 63.8 cm³/mol. The van der Waals surface area contributed by atoms with Crippen LogP contribution in [0.25, 0.3) is 0 Å². The lowest BCUT2D eigenvalue weighted by molar-refractivity contribution is 0.157. The molecular formula is C13H20FNO. The third-order valence-electron chi connectivity index (χ3n) is 2.56. The minimum absolute atomic E-state index is 0.116. The molecule has 90 valence electrons. The van der Waals surface area contributed by atoms with Crippen molar-refractivity contribution in [2.45, 2.75) is 20.3 Å². The molecule has 0 aromatic heterocycles. The van der Waals surface area contributed by atoms with E-state index in [0.29, 0.717) is 6.42 Å². The van der Waals surface area contributed by atoms with Crippen molar-refractivity contribution in [1.82, 2.24) is 5.32 Å². The average molecular weight is 225 g/mol. The summed E-state index contributed by atoms with van der Waals surface area (Å²) in [7, 11) is 0. The molecule has 0 saturated heterocycles. The number of hydrogen-bond acceptors (Lipinski definition) is 2. The standard InChI is InChI=1S/C13H20FNO/c1-13(2,10-16)9-15-8-7-11-5-3-4-6-12(11)14/h3-6,15-16H,7-10H2,1-2H3. The van der Waals surface area contributed by atoms with E-state index in [1.807, 2.05) is 19.9 Å². The molecule has 1 aromatic rings. The highest BCUT2D eigenvalue weighted by Crippen LogP contribution is 2.11. The first-order valence-corrected chi connectivity index (χ1v) is 5.60. The van der Waals surface area contributed by atoms with Crippen LogP contribution in [0.5, 0.6) is 0 Å². The van der Waals surface area contributed by atoms with E-state index >= 15 is 0 Å². The number of aliphatic hydroxyl groups is 1. The second-order valence-electron chi connectivity index (χ2n) is 4.84. The smallest absolute Gasteiger partial charge is 0.126 e. The second kappa shape index (κ2) is 5.97. The maximum atomic E-state index is 13.2. The Morgan fingerprint density at radius 1 is 1.31 bits per heavy atom. The highest BCUT2D eigenvalue weighted by atomic mass is 19.1. The van der Waals surface area contributed by atoms with E-state index in [-0.39, 0.29) is 17.8 Å².